The molecule has 1 heterocycles. The van der Waals surface area contributed by atoms with Crippen LogP contribution in [0.2, 0.25) is 0 Å². The molecule has 0 aliphatic carbocycles. The highest BCUT2D eigenvalue weighted by Gasteiger charge is 2.05. The molecule has 0 unspecified atom stereocenters. The molecular weight excluding hydrogens is 180 g/mol. The highest BCUT2D eigenvalue weighted by Crippen LogP contribution is 2.13. The minimum Gasteiger partial charge on any atom is -0.347 e. The summed E-state index contributed by atoms with van der Waals surface area (Å²) >= 11 is 5.18. The fourth-order valence-corrected chi connectivity index (χ4v) is 1.45. The number of hydrogen-bond acceptors (Lipinski definition) is 2. The summed E-state index contributed by atoms with van der Waals surface area (Å²) in [5, 5.41) is 0. The molecule has 1 aromatic rings. The summed E-state index contributed by atoms with van der Waals surface area (Å²) in [7, 11) is 0. The molecule has 0 saturated carbocycles. The Morgan fingerprint density at radius 2 is 2.08 bits per heavy atom. The molecule has 0 radical (unpaired) electrons. The maximum Gasteiger partial charge on any atom is 0.132 e. The number of H-pyrrole nitrogens is 1. The maximum absolute atomic E-state index is 5.18. The van der Waals surface area contributed by atoms with Crippen molar-refractivity contribution in [1.82, 2.24) is 9.97 Å². The van der Waals surface area contributed by atoms with Gasteiger partial charge in [0.1, 0.15) is 10.5 Å². The molecule has 0 aromatic carbocycles. The Kier molecular flexibility index (Phi) is 3.20. The zero-order chi connectivity index (χ0) is 10.0. The van der Waals surface area contributed by atoms with Crippen molar-refractivity contribution in [2.45, 2.75) is 40.0 Å². The molecule has 0 amide bonds. The average molecular weight is 196 g/mol. The molecule has 2 nitrogen and oxygen atoms in total. The molecule has 0 atom stereocenters. The van der Waals surface area contributed by atoms with E-state index in [0.717, 1.165) is 22.4 Å². The number of nitrogens with one attached hydrogen (secondary N) is 1. The van der Waals surface area contributed by atoms with Crippen molar-refractivity contribution >= 4 is 12.2 Å². The lowest BCUT2D eigenvalue weighted by Gasteiger charge is -2.09. The first-order valence-electron chi connectivity index (χ1n) is 4.66. The van der Waals surface area contributed by atoms with Gasteiger partial charge in [-0.2, -0.15) is 0 Å². The normalized spacial score (nSPS) is 10.8. The number of aryl methyl sites for hydroxylation is 1. The van der Waals surface area contributed by atoms with Crippen LogP contribution in [0.15, 0.2) is 0 Å². The van der Waals surface area contributed by atoms with E-state index in [9.17, 15) is 0 Å². The van der Waals surface area contributed by atoms with Gasteiger partial charge in [0.05, 0.1) is 0 Å². The van der Waals surface area contributed by atoms with Crippen LogP contribution >= 0.6 is 12.2 Å². The third kappa shape index (κ3) is 2.15. The van der Waals surface area contributed by atoms with Crippen molar-refractivity contribution in [1.29, 1.82) is 0 Å². The second-order valence-electron chi connectivity index (χ2n) is 3.54. The van der Waals surface area contributed by atoms with Gasteiger partial charge in [0, 0.05) is 17.2 Å². The van der Waals surface area contributed by atoms with Crippen molar-refractivity contribution in [2.75, 3.05) is 0 Å². The summed E-state index contributed by atoms with van der Waals surface area (Å²) in [6, 6.07) is 0. The van der Waals surface area contributed by atoms with Gasteiger partial charge in [-0.15, -0.1) is 0 Å². The molecule has 0 fully saturated rings. The minimum absolute atomic E-state index is 0.410. The molecule has 0 bridgehead atoms. The standard InChI is InChI=1S/C10H16N2S/c1-5-8-7(4)10(13)12-9(11-8)6(2)3/h6H,5H2,1-4H3,(H,11,12,13). The summed E-state index contributed by atoms with van der Waals surface area (Å²) < 4.78 is 0.735. The molecule has 0 saturated heterocycles. The quantitative estimate of drug-likeness (QED) is 0.736. The molecule has 1 rings (SSSR count). The molecule has 0 aliphatic rings. The predicted molar refractivity (Wildman–Crippen MR) is 57.6 cm³/mol. The van der Waals surface area contributed by atoms with Gasteiger partial charge in [0.2, 0.25) is 0 Å². The van der Waals surface area contributed by atoms with Gasteiger partial charge in [-0.3, -0.25) is 0 Å². The maximum atomic E-state index is 5.18. The van der Waals surface area contributed by atoms with Gasteiger partial charge < -0.3 is 4.98 Å². The molecule has 0 spiro atoms. The lowest BCUT2D eigenvalue weighted by molar-refractivity contribution is 0.750. The Labute approximate surface area is 84.4 Å². The summed E-state index contributed by atoms with van der Waals surface area (Å²) in [4.78, 5) is 7.66. The largest absolute Gasteiger partial charge is 0.347 e. The minimum atomic E-state index is 0.410. The zero-order valence-electron chi connectivity index (χ0n) is 8.64. The van der Waals surface area contributed by atoms with Crippen LogP contribution in [0.3, 0.4) is 0 Å². The highest BCUT2D eigenvalue weighted by molar-refractivity contribution is 7.71. The van der Waals surface area contributed by atoms with Crippen LogP contribution in [0.25, 0.3) is 0 Å². The number of aromatic amines is 1. The summed E-state index contributed by atoms with van der Waals surface area (Å²) in [6.45, 7) is 8.37. The Hall–Kier alpha value is -0.700. The molecule has 0 aliphatic heterocycles. The van der Waals surface area contributed by atoms with E-state index in [-0.39, 0.29) is 0 Å². The summed E-state index contributed by atoms with van der Waals surface area (Å²) in [6.07, 6.45) is 0.984. The van der Waals surface area contributed by atoms with E-state index >= 15 is 0 Å². The smallest absolute Gasteiger partial charge is 0.132 e. The summed E-state index contributed by atoms with van der Waals surface area (Å²) in [5.41, 5.74) is 2.32. The van der Waals surface area contributed by atoms with Crippen molar-refractivity contribution < 1.29 is 0 Å². The SMILES string of the molecule is CCc1[nH]c(C(C)C)nc(=S)c1C. The van der Waals surface area contributed by atoms with Crippen LogP contribution in [-0.4, -0.2) is 9.97 Å². The van der Waals surface area contributed by atoms with Crippen LogP contribution in [0.4, 0.5) is 0 Å². The van der Waals surface area contributed by atoms with Crippen molar-refractivity contribution in [3.05, 3.63) is 21.7 Å². The number of rotatable bonds is 2. The second kappa shape index (κ2) is 4.01. The highest BCUT2D eigenvalue weighted by atomic mass is 32.1. The van der Waals surface area contributed by atoms with Gasteiger partial charge in [0.15, 0.2) is 0 Å². The van der Waals surface area contributed by atoms with E-state index in [4.69, 9.17) is 12.2 Å². The average Bonchev–Trinajstić information content (AvgIpc) is 2.09. The van der Waals surface area contributed by atoms with Crippen LogP contribution < -0.4 is 0 Å². The Balaban J connectivity index is 3.31. The zero-order valence-corrected chi connectivity index (χ0v) is 9.46. The molecule has 13 heavy (non-hydrogen) atoms. The second-order valence-corrected chi connectivity index (χ2v) is 3.93. The van der Waals surface area contributed by atoms with Gasteiger partial charge in [-0.05, 0) is 13.3 Å². The molecular formula is C10H16N2S. The van der Waals surface area contributed by atoms with Gasteiger partial charge in [-0.1, -0.05) is 33.0 Å². The number of nitrogens with zero attached hydrogens (tertiary/aromatic N) is 1. The third-order valence-electron chi connectivity index (χ3n) is 2.17. The molecule has 72 valence electrons. The fourth-order valence-electron chi connectivity index (χ4n) is 1.23. The van der Waals surface area contributed by atoms with Crippen LogP contribution in [0.5, 0.6) is 0 Å². The number of hydrogen-bond donors (Lipinski definition) is 1. The Bertz CT molecular complexity index is 352. The molecule has 3 heteroatoms. The first-order valence-corrected chi connectivity index (χ1v) is 5.06. The van der Waals surface area contributed by atoms with E-state index in [1.165, 1.54) is 5.69 Å². The van der Waals surface area contributed by atoms with E-state index in [0.29, 0.717) is 5.92 Å². The number of aromatic nitrogens is 2. The lowest BCUT2D eigenvalue weighted by Crippen LogP contribution is -2.03. The fraction of sp³-hybridized carbons (Fsp3) is 0.600. The Morgan fingerprint density at radius 1 is 1.46 bits per heavy atom. The first kappa shape index (κ1) is 10.4. The van der Waals surface area contributed by atoms with Crippen LogP contribution in [-0.2, 0) is 6.42 Å². The molecule has 1 aromatic heterocycles. The Morgan fingerprint density at radius 3 is 2.54 bits per heavy atom. The van der Waals surface area contributed by atoms with E-state index in [1.54, 1.807) is 0 Å². The van der Waals surface area contributed by atoms with E-state index in [2.05, 4.69) is 30.7 Å². The van der Waals surface area contributed by atoms with E-state index < -0.39 is 0 Å². The molecule has 1 N–H and O–H groups in total. The third-order valence-corrected chi connectivity index (χ3v) is 2.57. The monoisotopic (exact) mass is 196 g/mol. The van der Waals surface area contributed by atoms with Gasteiger partial charge in [-0.25, -0.2) is 4.98 Å². The first-order chi connectivity index (χ1) is 6.06. The summed E-state index contributed by atoms with van der Waals surface area (Å²) in [5.74, 6) is 1.40. The van der Waals surface area contributed by atoms with Gasteiger partial charge >= 0.3 is 0 Å². The topological polar surface area (TPSA) is 28.7 Å². The van der Waals surface area contributed by atoms with Gasteiger partial charge in [0.25, 0.3) is 0 Å². The van der Waals surface area contributed by atoms with E-state index in [1.807, 2.05) is 6.92 Å². The van der Waals surface area contributed by atoms with Crippen molar-refractivity contribution in [3.63, 3.8) is 0 Å². The predicted octanol–water partition coefficient (Wildman–Crippen LogP) is 3.13. The van der Waals surface area contributed by atoms with Crippen LogP contribution in [0.1, 0.15) is 43.8 Å². The van der Waals surface area contributed by atoms with Crippen LogP contribution in [0, 0.1) is 11.6 Å². The van der Waals surface area contributed by atoms with Crippen molar-refractivity contribution in [2.24, 2.45) is 0 Å². The lowest BCUT2D eigenvalue weighted by atomic mass is 10.1. The van der Waals surface area contributed by atoms with Crippen molar-refractivity contribution in [3.8, 4) is 0 Å².